The van der Waals surface area contributed by atoms with Gasteiger partial charge in [0.25, 0.3) is 0 Å². The maximum absolute atomic E-state index is 12.6. The Labute approximate surface area is 154 Å². The second-order valence-electron chi connectivity index (χ2n) is 7.71. The zero-order chi connectivity index (χ0) is 20.2. The van der Waals surface area contributed by atoms with Crippen molar-refractivity contribution in [3.8, 4) is 0 Å². The van der Waals surface area contributed by atoms with Crippen molar-refractivity contribution in [1.82, 2.24) is 10.6 Å². The monoisotopic (exact) mass is 372 g/mol. The fourth-order valence-corrected chi connectivity index (χ4v) is 3.00. The maximum atomic E-state index is 12.6. The van der Waals surface area contributed by atoms with Gasteiger partial charge in [0.1, 0.15) is 18.2 Å². The minimum Gasteiger partial charge on any atom is -0.480 e. The van der Waals surface area contributed by atoms with E-state index < -0.39 is 42.3 Å². The lowest BCUT2D eigenvalue weighted by molar-refractivity contribution is -0.283. The molecule has 0 aromatic rings. The van der Waals surface area contributed by atoms with Gasteiger partial charge in [0.05, 0.1) is 0 Å². The first-order valence-electron chi connectivity index (χ1n) is 9.18. The molecule has 0 aliphatic carbocycles. The summed E-state index contributed by atoms with van der Waals surface area (Å²) in [4.78, 5) is 36.5. The van der Waals surface area contributed by atoms with Crippen LogP contribution in [0, 0.1) is 23.7 Å². The summed E-state index contributed by atoms with van der Waals surface area (Å²) in [6, 6.07) is -1.90. The Morgan fingerprint density at radius 1 is 1.04 bits per heavy atom. The molecule has 0 saturated carbocycles. The lowest BCUT2D eigenvalue weighted by Crippen LogP contribution is -2.62. The third-order valence-electron chi connectivity index (χ3n) is 5.02. The second kappa shape index (κ2) is 9.32. The number of ether oxygens (including phenoxy) is 1. The van der Waals surface area contributed by atoms with E-state index in [9.17, 15) is 24.6 Å². The Morgan fingerprint density at radius 3 is 2.00 bits per heavy atom. The second-order valence-corrected chi connectivity index (χ2v) is 7.71. The van der Waals surface area contributed by atoms with Gasteiger partial charge in [-0.3, -0.25) is 9.59 Å². The van der Waals surface area contributed by atoms with E-state index in [4.69, 9.17) is 4.74 Å². The van der Waals surface area contributed by atoms with Crippen LogP contribution in [-0.2, 0) is 19.1 Å². The van der Waals surface area contributed by atoms with Crippen molar-refractivity contribution in [3.05, 3.63) is 0 Å². The van der Waals surface area contributed by atoms with Gasteiger partial charge < -0.3 is 25.6 Å². The molecule has 6 atom stereocenters. The van der Waals surface area contributed by atoms with E-state index in [1.165, 1.54) is 0 Å². The highest BCUT2D eigenvalue weighted by Gasteiger charge is 2.48. The van der Waals surface area contributed by atoms with E-state index >= 15 is 0 Å². The number of carbonyl (C=O) groups is 3. The molecule has 1 fully saturated rings. The van der Waals surface area contributed by atoms with Gasteiger partial charge in [0.15, 0.2) is 6.29 Å². The van der Waals surface area contributed by atoms with Gasteiger partial charge in [-0.15, -0.1) is 0 Å². The van der Waals surface area contributed by atoms with Crippen molar-refractivity contribution < 1.29 is 29.3 Å². The van der Waals surface area contributed by atoms with Gasteiger partial charge in [-0.1, -0.05) is 48.0 Å². The number of nitrogens with one attached hydrogen (secondary N) is 2. The highest BCUT2D eigenvalue weighted by molar-refractivity contribution is 5.92. The normalized spacial score (nSPS) is 26.0. The molecule has 4 unspecified atom stereocenters. The molecule has 1 heterocycles. The van der Waals surface area contributed by atoms with E-state index in [0.717, 1.165) is 0 Å². The topological polar surface area (TPSA) is 125 Å². The van der Waals surface area contributed by atoms with Crippen molar-refractivity contribution in [2.24, 2.45) is 23.7 Å². The summed E-state index contributed by atoms with van der Waals surface area (Å²) in [5, 5.41) is 24.2. The number of rotatable bonds is 9. The minimum atomic E-state index is -1.10. The van der Waals surface area contributed by atoms with Crippen molar-refractivity contribution in [3.63, 3.8) is 0 Å². The predicted octanol–water partition coefficient (Wildman–Crippen LogP) is 0.732. The van der Waals surface area contributed by atoms with Crippen LogP contribution < -0.4 is 10.6 Å². The number of hydrogen-bond donors (Lipinski definition) is 4. The van der Waals surface area contributed by atoms with E-state index in [1.54, 1.807) is 20.8 Å². The lowest BCUT2D eigenvalue weighted by Gasteiger charge is -2.43. The molecule has 8 heteroatoms. The minimum absolute atomic E-state index is 0.0441. The summed E-state index contributed by atoms with van der Waals surface area (Å²) in [6.07, 6.45) is -1.21. The molecule has 0 radical (unpaired) electrons. The van der Waals surface area contributed by atoms with Crippen molar-refractivity contribution >= 4 is 17.8 Å². The third-order valence-corrected chi connectivity index (χ3v) is 5.02. The molecule has 0 spiro atoms. The molecule has 26 heavy (non-hydrogen) atoms. The summed E-state index contributed by atoms with van der Waals surface area (Å²) >= 11 is 0. The molecule has 1 aliphatic rings. The number of aliphatic hydroxyl groups excluding tert-OH is 1. The SMILES string of the molecule is CCC(C)[C@H](NC(=O)[C@@H](NC(=O)C1OC(O)C1C(C)C)C(C)C)C(=O)O. The highest BCUT2D eigenvalue weighted by Crippen LogP contribution is 2.33. The van der Waals surface area contributed by atoms with Crippen LogP contribution in [0.3, 0.4) is 0 Å². The van der Waals surface area contributed by atoms with Crippen LogP contribution in [0.2, 0.25) is 0 Å². The van der Waals surface area contributed by atoms with Crippen molar-refractivity contribution in [2.45, 2.75) is 72.4 Å². The van der Waals surface area contributed by atoms with Crippen LogP contribution in [0.1, 0.15) is 48.0 Å². The van der Waals surface area contributed by atoms with Gasteiger partial charge in [0, 0.05) is 5.92 Å². The Morgan fingerprint density at radius 2 is 1.62 bits per heavy atom. The van der Waals surface area contributed by atoms with Gasteiger partial charge in [-0.05, 0) is 17.8 Å². The largest absolute Gasteiger partial charge is 0.480 e. The molecule has 8 nitrogen and oxygen atoms in total. The fourth-order valence-electron chi connectivity index (χ4n) is 3.00. The number of carboxylic acid groups (broad SMARTS) is 1. The molecule has 1 rings (SSSR count). The van der Waals surface area contributed by atoms with Crippen LogP contribution >= 0.6 is 0 Å². The summed E-state index contributed by atoms with van der Waals surface area (Å²) < 4.78 is 5.13. The zero-order valence-electron chi connectivity index (χ0n) is 16.4. The number of hydrogen-bond acceptors (Lipinski definition) is 5. The molecule has 2 amide bonds. The molecule has 0 aromatic heterocycles. The van der Waals surface area contributed by atoms with Crippen LogP contribution in [0.5, 0.6) is 0 Å². The molecule has 0 aromatic carbocycles. The first kappa shape index (κ1) is 22.4. The van der Waals surface area contributed by atoms with Gasteiger partial charge >= 0.3 is 5.97 Å². The number of amides is 2. The Bertz CT molecular complexity index is 517. The average molecular weight is 372 g/mol. The molecule has 150 valence electrons. The van der Waals surface area contributed by atoms with Gasteiger partial charge in [-0.25, -0.2) is 4.79 Å². The van der Waals surface area contributed by atoms with E-state index in [2.05, 4.69) is 10.6 Å². The Kier molecular flexibility index (Phi) is 8.02. The Hall–Kier alpha value is -1.67. The molecular weight excluding hydrogens is 340 g/mol. The summed E-state index contributed by atoms with van der Waals surface area (Å²) in [5.74, 6) is -2.89. The van der Waals surface area contributed by atoms with Gasteiger partial charge in [0.2, 0.25) is 11.8 Å². The Balaban J connectivity index is 2.80. The van der Waals surface area contributed by atoms with Crippen LogP contribution in [0.4, 0.5) is 0 Å². The zero-order valence-corrected chi connectivity index (χ0v) is 16.4. The standard InChI is InChI=1S/C18H32N2O6/c1-7-10(6)13(17(23)24)20-15(21)12(9(4)5)19-16(22)14-11(8(2)3)18(25)26-14/h8-14,18,25H,7H2,1-6H3,(H,19,22)(H,20,21)(H,23,24)/t10?,11?,12-,13-,14?,18?/m0/s1. The third kappa shape index (κ3) is 5.17. The smallest absolute Gasteiger partial charge is 0.326 e. The van der Waals surface area contributed by atoms with Crippen LogP contribution in [0.15, 0.2) is 0 Å². The number of carboxylic acids is 1. The molecule has 1 aliphatic heterocycles. The quantitative estimate of drug-likeness (QED) is 0.473. The van der Waals surface area contributed by atoms with Gasteiger partial charge in [-0.2, -0.15) is 0 Å². The fraction of sp³-hybridized carbons (Fsp3) is 0.833. The molecule has 4 N–H and O–H groups in total. The van der Waals surface area contributed by atoms with Crippen molar-refractivity contribution in [2.75, 3.05) is 0 Å². The lowest BCUT2D eigenvalue weighted by atomic mass is 9.84. The first-order chi connectivity index (χ1) is 12.0. The maximum Gasteiger partial charge on any atom is 0.326 e. The molecular formula is C18H32N2O6. The van der Waals surface area contributed by atoms with Crippen LogP contribution in [0.25, 0.3) is 0 Å². The van der Waals surface area contributed by atoms with Crippen molar-refractivity contribution in [1.29, 1.82) is 0 Å². The molecule has 1 saturated heterocycles. The summed E-state index contributed by atoms with van der Waals surface area (Å²) in [5.41, 5.74) is 0. The number of aliphatic hydroxyl groups is 1. The predicted molar refractivity (Wildman–Crippen MR) is 95.0 cm³/mol. The van der Waals surface area contributed by atoms with E-state index in [0.29, 0.717) is 6.42 Å². The average Bonchev–Trinajstić information content (AvgIpc) is 2.52. The van der Waals surface area contributed by atoms with E-state index in [1.807, 2.05) is 20.8 Å². The summed E-state index contributed by atoms with van der Waals surface area (Å²) in [7, 11) is 0. The summed E-state index contributed by atoms with van der Waals surface area (Å²) in [6.45, 7) is 10.9. The number of aliphatic carboxylic acids is 1. The van der Waals surface area contributed by atoms with E-state index in [-0.39, 0.29) is 23.7 Å². The van der Waals surface area contributed by atoms with Crippen LogP contribution in [-0.4, -0.2) is 52.5 Å². The molecule has 0 bridgehead atoms. The number of carbonyl (C=O) groups excluding carboxylic acids is 2. The highest BCUT2D eigenvalue weighted by atomic mass is 16.6. The first-order valence-corrected chi connectivity index (χ1v) is 9.18.